The van der Waals surface area contributed by atoms with E-state index in [1.165, 1.54) is 27.8 Å². The fourth-order valence-corrected chi connectivity index (χ4v) is 4.77. The molecular formula is C18H28F2N3O9P. The molecule has 33 heavy (non-hydrogen) atoms. The lowest BCUT2D eigenvalue weighted by Gasteiger charge is -2.28. The van der Waals surface area contributed by atoms with Crippen LogP contribution in [0.4, 0.5) is 8.78 Å². The summed E-state index contributed by atoms with van der Waals surface area (Å²) in [5, 5.41) is 13.0. The molecule has 1 amide bonds. The van der Waals surface area contributed by atoms with Gasteiger partial charge in [-0.15, -0.1) is 0 Å². The van der Waals surface area contributed by atoms with Gasteiger partial charge in [0.05, 0.1) is 25.7 Å². The first-order valence-corrected chi connectivity index (χ1v) is 11.7. The lowest BCUT2D eigenvalue weighted by Crippen LogP contribution is -2.41. The van der Waals surface area contributed by atoms with Crippen LogP contribution in [0.25, 0.3) is 0 Å². The molecule has 1 saturated heterocycles. The zero-order valence-electron chi connectivity index (χ0n) is 18.6. The Hall–Kier alpha value is -1.96. The van der Waals surface area contributed by atoms with Crippen molar-refractivity contribution in [3.8, 4) is 0 Å². The van der Waals surface area contributed by atoms with Crippen molar-refractivity contribution in [2.24, 2.45) is 0 Å². The molecule has 3 N–H and O–H groups in total. The number of carbonyl (C=O) groups excluding carboxylic acids is 1. The van der Waals surface area contributed by atoms with Crippen LogP contribution in [0.2, 0.25) is 0 Å². The van der Waals surface area contributed by atoms with Gasteiger partial charge in [-0.1, -0.05) is 0 Å². The average molecular weight is 499 g/mol. The molecule has 0 saturated carbocycles. The highest BCUT2D eigenvalue weighted by Gasteiger charge is 2.58. The number of nitrogens with one attached hydrogen (secondary N) is 2. The molecule has 0 bridgehead atoms. The highest BCUT2D eigenvalue weighted by atomic mass is 31.2. The van der Waals surface area contributed by atoms with E-state index in [2.05, 4.69) is 5.32 Å². The van der Waals surface area contributed by atoms with Crippen molar-refractivity contribution < 1.29 is 41.8 Å². The monoisotopic (exact) mass is 499 g/mol. The van der Waals surface area contributed by atoms with E-state index in [1.54, 1.807) is 0 Å². The maximum atomic E-state index is 15.0. The Kier molecular flexibility index (Phi) is 9.08. The number of amides is 1. The summed E-state index contributed by atoms with van der Waals surface area (Å²) >= 11 is 0. The van der Waals surface area contributed by atoms with Crippen LogP contribution < -0.4 is 16.6 Å². The predicted octanol–water partition coefficient (Wildman–Crippen LogP) is 0.484. The number of nitrogens with zero attached hydrogens (tertiary/aromatic N) is 1. The van der Waals surface area contributed by atoms with E-state index in [4.69, 9.17) is 18.5 Å². The van der Waals surface area contributed by atoms with E-state index >= 15 is 0 Å². The van der Waals surface area contributed by atoms with Gasteiger partial charge in [0, 0.05) is 18.8 Å². The van der Waals surface area contributed by atoms with Crippen LogP contribution in [0.5, 0.6) is 0 Å². The Balaban J connectivity index is 2.40. The van der Waals surface area contributed by atoms with Crippen molar-refractivity contribution >= 4 is 13.5 Å². The van der Waals surface area contributed by atoms with E-state index < -0.39 is 68.0 Å². The van der Waals surface area contributed by atoms with E-state index in [-0.39, 0.29) is 18.8 Å². The zero-order chi connectivity index (χ0) is 25.0. The normalized spacial score (nSPS) is 23.6. The van der Waals surface area contributed by atoms with Gasteiger partial charge in [0.2, 0.25) is 5.91 Å². The number of H-pyrrole nitrogens is 1. The van der Waals surface area contributed by atoms with Crippen molar-refractivity contribution in [1.82, 2.24) is 14.9 Å². The number of carbonyl (C=O) groups is 1. The number of aryl methyl sites for hydroxylation is 1. The maximum absolute atomic E-state index is 15.0. The van der Waals surface area contributed by atoms with E-state index in [9.17, 15) is 32.8 Å². The summed E-state index contributed by atoms with van der Waals surface area (Å²) in [5.41, 5.74) is -5.58. The highest BCUT2D eigenvalue weighted by Crippen LogP contribution is 2.64. The van der Waals surface area contributed by atoms with Gasteiger partial charge >= 0.3 is 18.9 Å². The lowest BCUT2D eigenvalue weighted by atomic mass is 10.1. The second-order valence-corrected chi connectivity index (χ2v) is 9.35. The minimum Gasteiger partial charge on any atom is -0.388 e. The fraction of sp³-hybridized carbons (Fsp3) is 0.722. The predicted molar refractivity (Wildman–Crippen MR) is 110 cm³/mol. The van der Waals surface area contributed by atoms with Gasteiger partial charge in [-0.2, -0.15) is 8.78 Å². The summed E-state index contributed by atoms with van der Waals surface area (Å²) in [6.07, 6.45) is -6.56. The molecule has 4 atom stereocenters. The Bertz CT molecular complexity index is 989. The fourth-order valence-electron chi connectivity index (χ4n) is 3.23. The smallest absolute Gasteiger partial charge is 0.388 e. The van der Waals surface area contributed by atoms with Crippen molar-refractivity contribution in [2.45, 2.75) is 57.4 Å². The summed E-state index contributed by atoms with van der Waals surface area (Å²) in [5.74, 6) is -0.586. The molecule has 12 nitrogen and oxygen atoms in total. The second kappa shape index (κ2) is 11.0. The molecule has 0 aliphatic carbocycles. The van der Waals surface area contributed by atoms with Crippen LogP contribution in [0.1, 0.15) is 32.1 Å². The average Bonchev–Trinajstić information content (AvgIpc) is 3.03. The minimum atomic E-state index is -4.92. The Labute approximate surface area is 187 Å². The number of alkyl halides is 2. The van der Waals surface area contributed by atoms with Crippen LogP contribution in [0, 0.1) is 6.92 Å². The van der Waals surface area contributed by atoms with Crippen LogP contribution >= 0.6 is 7.60 Å². The molecule has 1 fully saturated rings. The Morgan fingerprint density at radius 2 is 1.94 bits per heavy atom. The van der Waals surface area contributed by atoms with Gasteiger partial charge in [0.25, 0.3) is 5.56 Å². The first kappa shape index (κ1) is 27.3. The largest absolute Gasteiger partial charge is 0.399 e. The Morgan fingerprint density at radius 1 is 1.33 bits per heavy atom. The molecule has 188 valence electrons. The van der Waals surface area contributed by atoms with Crippen molar-refractivity contribution in [2.75, 3.05) is 26.9 Å². The number of hydrogen-bond donors (Lipinski definition) is 3. The van der Waals surface area contributed by atoms with Crippen molar-refractivity contribution in [3.63, 3.8) is 0 Å². The van der Waals surface area contributed by atoms with Crippen LogP contribution in [0.15, 0.2) is 15.8 Å². The summed E-state index contributed by atoms with van der Waals surface area (Å²) in [6, 6.07) is 0. The number of aliphatic hydroxyl groups excluding tert-OH is 1. The minimum absolute atomic E-state index is 0.101. The number of hydrogen-bond acceptors (Lipinski definition) is 9. The topological polar surface area (TPSA) is 158 Å². The van der Waals surface area contributed by atoms with Gasteiger partial charge in [-0.25, -0.2) is 4.79 Å². The van der Waals surface area contributed by atoms with E-state index in [0.29, 0.717) is 0 Å². The first-order chi connectivity index (χ1) is 15.4. The van der Waals surface area contributed by atoms with E-state index in [1.807, 2.05) is 4.98 Å². The lowest BCUT2D eigenvalue weighted by molar-refractivity contribution is -0.132. The zero-order valence-corrected chi connectivity index (χ0v) is 19.5. The summed E-state index contributed by atoms with van der Waals surface area (Å²) in [6.45, 7) is 2.93. The molecular weight excluding hydrogens is 471 g/mol. The molecule has 1 aromatic heterocycles. The highest BCUT2D eigenvalue weighted by molar-refractivity contribution is 7.55. The second-order valence-electron chi connectivity index (χ2n) is 7.19. The Morgan fingerprint density at radius 3 is 2.48 bits per heavy atom. The molecule has 0 spiro atoms. The molecule has 1 aromatic rings. The third kappa shape index (κ3) is 5.94. The number of halogens is 2. The van der Waals surface area contributed by atoms with Gasteiger partial charge < -0.3 is 28.9 Å². The van der Waals surface area contributed by atoms with Gasteiger partial charge in [0.15, 0.2) is 6.23 Å². The van der Waals surface area contributed by atoms with Crippen LogP contribution in [0.3, 0.4) is 0 Å². The number of rotatable bonds is 11. The SMILES string of the molecule is CCOP(=O)(OCC)C(F)(F)C[C@H]1O[C@@H](n2cc(C)c(=O)[nH]c2=O)[C@H](OCC(=O)NC)[C@@H]1O. The molecule has 15 heteroatoms. The molecule has 0 aromatic carbocycles. The number of aromatic nitrogens is 2. The van der Waals surface area contributed by atoms with Crippen LogP contribution in [-0.4, -0.2) is 71.4 Å². The number of aliphatic hydroxyl groups is 1. The summed E-state index contributed by atoms with van der Waals surface area (Å²) in [7, 11) is -3.58. The molecule has 1 aliphatic heterocycles. The molecule has 2 rings (SSSR count). The summed E-state index contributed by atoms with van der Waals surface area (Å²) in [4.78, 5) is 37.7. The maximum Gasteiger partial charge on any atom is 0.399 e. The van der Waals surface area contributed by atoms with Crippen molar-refractivity contribution in [3.05, 3.63) is 32.6 Å². The molecule has 0 radical (unpaired) electrons. The third-order valence-electron chi connectivity index (χ3n) is 4.86. The quantitative estimate of drug-likeness (QED) is 0.368. The summed E-state index contributed by atoms with van der Waals surface area (Å²) < 4.78 is 63.8. The van der Waals surface area contributed by atoms with Gasteiger partial charge in [-0.05, 0) is 20.8 Å². The van der Waals surface area contributed by atoms with Crippen LogP contribution in [-0.2, 0) is 27.9 Å². The number of aromatic amines is 1. The third-order valence-corrected chi connectivity index (χ3v) is 7.04. The molecule has 1 aliphatic rings. The first-order valence-electron chi connectivity index (χ1n) is 10.2. The van der Waals surface area contributed by atoms with Crippen molar-refractivity contribution in [1.29, 1.82) is 0 Å². The molecule has 0 unspecified atom stereocenters. The van der Waals surface area contributed by atoms with E-state index in [0.717, 1.165) is 10.8 Å². The van der Waals surface area contributed by atoms with Gasteiger partial charge in [0.1, 0.15) is 18.8 Å². The van der Waals surface area contributed by atoms with Gasteiger partial charge in [-0.3, -0.25) is 23.7 Å². The molecule has 2 heterocycles. The standard InChI is InChI=1S/C18H28F2N3O9P/c1-5-30-33(28,31-6-2)18(19,20)7-11-13(25)14(29-9-12(24)21-4)16(32-11)23-8-10(3)15(26)22-17(23)27/h8,11,13-14,16,25H,5-7,9H2,1-4H3,(H,21,24)(H,22,26,27)/t11-,13-,14-,16-/m1/s1. The number of ether oxygens (including phenoxy) is 2. The number of likely N-dealkylation sites (N-methyl/N-ethyl adjacent to an activating group) is 1.